The second-order valence-electron chi connectivity index (χ2n) is 7.61. The Morgan fingerprint density at radius 3 is 2.56 bits per heavy atom. The van der Waals surface area contributed by atoms with Gasteiger partial charge in [-0.2, -0.15) is 0 Å². The monoisotopic (exact) mass is 375 g/mol. The molecule has 0 aliphatic carbocycles. The number of nitrogens with two attached hydrogens (primary N) is 1. The largest absolute Gasteiger partial charge is 0.495 e. The number of ether oxygens (including phenoxy) is 1. The molecular weight excluding hydrogens is 342 g/mol. The van der Waals surface area contributed by atoms with Crippen molar-refractivity contribution in [3.63, 3.8) is 0 Å². The van der Waals surface area contributed by atoms with E-state index in [4.69, 9.17) is 10.5 Å². The van der Waals surface area contributed by atoms with Gasteiger partial charge in [0, 0.05) is 37.3 Å². The summed E-state index contributed by atoms with van der Waals surface area (Å²) < 4.78 is 5.40. The van der Waals surface area contributed by atoms with Crippen molar-refractivity contribution in [2.45, 2.75) is 19.4 Å². The molecule has 1 amide bonds. The van der Waals surface area contributed by atoms with Crippen molar-refractivity contribution < 1.29 is 9.53 Å². The lowest BCUT2D eigenvalue weighted by atomic mass is 10.00. The Balaban J connectivity index is 2.28. The number of anilines is 3. The number of carbonyl (C=O) groups excluding carboxylic acids is 1. The van der Waals surface area contributed by atoms with E-state index in [1.807, 2.05) is 38.1 Å². The molecular formula is C20H33N5O2. The van der Waals surface area contributed by atoms with E-state index >= 15 is 0 Å². The van der Waals surface area contributed by atoms with Gasteiger partial charge >= 0.3 is 0 Å². The maximum absolute atomic E-state index is 12.6. The van der Waals surface area contributed by atoms with Crippen LogP contribution in [0.15, 0.2) is 23.8 Å². The van der Waals surface area contributed by atoms with E-state index in [1.54, 1.807) is 13.2 Å². The van der Waals surface area contributed by atoms with E-state index in [0.717, 1.165) is 30.9 Å². The number of nitrogen functional groups attached to an aromatic ring is 1. The minimum absolute atomic E-state index is 0.118. The fraction of sp³-hybridized carbons (Fsp3) is 0.550. The fourth-order valence-corrected chi connectivity index (χ4v) is 3.10. The van der Waals surface area contributed by atoms with Crippen LogP contribution in [0.3, 0.4) is 0 Å². The number of likely N-dealkylation sites (N-methyl/N-ethyl adjacent to an activating group) is 2. The molecule has 2 rings (SSSR count). The molecule has 7 nitrogen and oxygen atoms in total. The Morgan fingerprint density at radius 1 is 1.33 bits per heavy atom. The molecule has 1 aliphatic heterocycles. The van der Waals surface area contributed by atoms with Gasteiger partial charge in [0.1, 0.15) is 5.75 Å². The lowest BCUT2D eigenvalue weighted by molar-refractivity contribution is -0.112. The molecule has 0 aromatic heterocycles. The summed E-state index contributed by atoms with van der Waals surface area (Å²) >= 11 is 0. The first-order valence-corrected chi connectivity index (χ1v) is 9.24. The van der Waals surface area contributed by atoms with Crippen molar-refractivity contribution in [1.29, 1.82) is 0 Å². The molecule has 1 fully saturated rings. The maximum Gasteiger partial charge on any atom is 0.251 e. The average molecular weight is 376 g/mol. The zero-order valence-corrected chi connectivity index (χ0v) is 17.4. The van der Waals surface area contributed by atoms with Crippen molar-refractivity contribution in [3.05, 3.63) is 23.8 Å². The number of hydrogen-bond donors (Lipinski definition) is 2. The molecule has 0 radical (unpaired) electrons. The van der Waals surface area contributed by atoms with E-state index in [9.17, 15) is 4.79 Å². The molecule has 0 bridgehead atoms. The molecule has 27 heavy (non-hydrogen) atoms. The van der Waals surface area contributed by atoms with Crippen LogP contribution in [0, 0.1) is 0 Å². The van der Waals surface area contributed by atoms with Crippen LogP contribution in [0.5, 0.6) is 5.75 Å². The van der Waals surface area contributed by atoms with Crippen LogP contribution in [-0.4, -0.2) is 76.7 Å². The third kappa shape index (κ3) is 5.37. The van der Waals surface area contributed by atoms with Gasteiger partial charge in [0.25, 0.3) is 5.91 Å². The number of rotatable bonds is 8. The highest BCUT2D eigenvalue weighted by Gasteiger charge is 2.31. The quantitative estimate of drug-likeness (QED) is 0.534. The van der Waals surface area contributed by atoms with E-state index < -0.39 is 0 Å². The predicted octanol–water partition coefficient (Wildman–Crippen LogP) is 1.86. The number of nitrogens with one attached hydrogen (secondary N) is 1. The Hall–Kier alpha value is -2.25. The van der Waals surface area contributed by atoms with Gasteiger partial charge in [0.2, 0.25) is 0 Å². The minimum atomic E-state index is -0.118. The van der Waals surface area contributed by atoms with Crippen LogP contribution in [0.1, 0.15) is 13.3 Å². The van der Waals surface area contributed by atoms with E-state index in [-0.39, 0.29) is 5.91 Å². The van der Waals surface area contributed by atoms with Crippen LogP contribution in [0.2, 0.25) is 0 Å². The predicted molar refractivity (Wildman–Crippen MR) is 113 cm³/mol. The van der Waals surface area contributed by atoms with Gasteiger partial charge in [0.15, 0.2) is 0 Å². The zero-order valence-electron chi connectivity index (χ0n) is 17.4. The molecule has 150 valence electrons. The zero-order chi connectivity index (χ0) is 20.1. The van der Waals surface area contributed by atoms with Crippen LogP contribution in [0.4, 0.5) is 17.1 Å². The van der Waals surface area contributed by atoms with Crippen molar-refractivity contribution in [1.82, 2.24) is 9.80 Å². The molecule has 1 saturated heterocycles. The number of nitrogens with zero attached hydrogens (tertiary/aromatic N) is 3. The highest BCUT2D eigenvalue weighted by Crippen LogP contribution is 2.39. The summed E-state index contributed by atoms with van der Waals surface area (Å²) in [5, 5.41) is 3.03. The van der Waals surface area contributed by atoms with Gasteiger partial charge in [-0.3, -0.25) is 4.79 Å². The normalized spacial score (nSPS) is 17.3. The number of carbonyl (C=O) groups is 1. The smallest absolute Gasteiger partial charge is 0.251 e. The number of hydrogen-bond acceptors (Lipinski definition) is 6. The summed E-state index contributed by atoms with van der Waals surface area (Å²) in [5.41, 5.74) is 8.96. The first-order chi connectivity index (χ1) is 12.7. The molecule has 1 aromatic rings. The second kappa shape index (κ2) is 9.10. The van der Waals surface area contributed by atoms with Crippen LogP contribution < -0.4 is 20.7 Å². The third-order valence-corrected chi connectivity index (χ3v) is 4.75. The SMILES string of the molecule is COc1cc(N2CCC2CN(C)C)c(NC(=O)/C(C)=C/CN(C)C)cc1N. The first-order valence-electron chi connectivity index (χ1n) is 9.24. The highest BCUT2D eigenvalue weighted by atomic mass is 16.5. The summed E-state index contributed by atoms with van der Waals surface area (Å²) in [6, 6.07) is 4.12. The molecule has 1 aromatic carbocycles. The van der Waals surface area contributed by atoms with E-state index in [0.29, 0.717) is 29.6 Å². The van der Waals surface area contributed by atoms with E-state index in [1.165, 1.54) is 0 Å². The lowest BCUT2D eigenvalue weighted by Gasteiger charge is -2.45. The van der Waals surface area contributed by atoms with Crippen molar-refractivity contribution >= 4 is 23.0 Å². The van der Waals surface area contributed by atoms with Crippen LogP contribution >= 0.6 is 0 Å². The van der Waals surface area contributed by atoms with E-state index in [2.05, 4.69) is 29.2 Å². The molecule has 1 atom stereocenters. The van der Waals surface area contributed by atoms with Gasteiger partial charge in [-0.1, -0.05) is 6.08 Å². The van der Waals surface area contributed by atoms with Gasteiger partial charge in [0.05, 0.1) is 24.2 Å². The molecule has 1 heterocycles. The Bertz CT molecular complexity index is 700. The summed E-state index contributed by atoms with van der Waals surface area (Å²) in [6.07, 6.45) is 3.04. The Morgan fingerprint density at radius 2 is 2.04 bits per heavy atom. The van der Waals surface area contributed by atoms with Crippen molar-refractivity contribution in [2.75, 3.05) is 70.9 Å². The lowest BCUT2D eigenvalue weighted by Crippen LogP contribution is -2.53. The summed E-state index contributed by atoms with van der Waals surface area (Å²) in [4.78, 5) is 19.1. The molecule has 3 N–H and O–H groups in total. The summed E-state index contributed by atoms with van der Waals surface area (Å²) in [7, 11) is 9.69. The standard InChI is InChI=1S/C20H33N5O2/c1-14(7-9-23(2)3)20(26)22-17-11-16(21)19(27-6)12-18(17)25-10-8-15(25)13-24(4)5/h7,11-12,15H,8-10,13,21H2,1-6H3,(H,22,26)/b14-7+. The Labute approximate surface area is 162 Å². The molecule has 1 unspecified atom stereocenters. The average Bonchev–Trinajstić information content (AvgIpc) is 2.58. The highest BCUT2D eigenvalue weighted by molar-refractivity contribution is 6.05. The topological polar surface area (TPSA) is 74.1 Å². The fourth-order valence-electron chi connectivity index (χ4n) is 3.10. The second-order valence-corrected chi connectivity index (χ2v) is 7.61. The van der Waals surface area contributed by atoms with Crippen LogP contribution in [-0.2, 0) is 4.79 Å². The van der Waals surface area contributed by atoms with Gasteiger partial charge in [-0.15, -0.1) is 0 Å². The molecule has 1 aliphatic rings. The van der Waals surface area contributed by atoms with Crippen molar-refractivity contribution in [3.8, 4) is 5.75 Å². The maximum atomic E-state index is 12.6. The van der Waals surface area contributed by atoms with Gasteiger partial charge in [-0.05, 0) is 47.6 Å². The Kier molecular flexibility index (Phi) is 7.10. The molecule has 0 saturated carbocycles. The molecule has 0 spiro atoms. The third-order valence-electron chi connectivity index (χ3n) is 4.75. The number of amides is 1. The number of benzene rings is 1. The summed E-state index contributed by atoms with van der Waals surface area (Å²) in [5.74, 6) is 0.505. The van der Waals surface area contributed by atoms with Gasteiger partial charge < -0.3 is 30.5 Å². The molecule has 7 heteroatoms. The van der Waals surface area contributed by atoms with Crippen molar-refractivity contribution in [2.24, 2.45) is 0 Å². The number of methoxy groups -OCH3 is 1. The van der Waals surface area contributed by atoms with Gasteiger partial charge in [-0.25, -0.2) is 0 Å². The minimum Gasteiger partial charge on any atom is -0.495 e. The van der Waals surface area contributed by atoms with Crippen LogP contribution in [0.25, 0.3) is 0 Å². The first kappa shape index (κ1) is 21.1. The summed E-state index contributed by atoms with van der Waals surface area (Å²) in [6.45, 7) is 4.45.